The summed E-state index contributed by atoms with van der Waals surface area (Å²) in [5.41, 5.74) is 0. The van der Waals surface area contributed by atoms with Crippen LogP contribution in [0.15, 0.2) is 8.83 Å². The molecule has 200 valence electrons. The van der Waals surface area contributed by atoms with E-state index in [1.165, 1.54) is 103 Å². The van der Waals surface area contributed by atoms with Crippen molar-refractivity contribution in [1.82, 2.24) is 20.4 Å². The molecule has 0 spiro atoms. The van der Waals surface area contributed by atoms with Crippen LogP contribution in [0.1, 0.15) is 159 Å². The Bertz CT molecular complexity index is 668. The summed E-state index contributed by atoms with van der Waals surface area (Å²) in [5.74, 6) is 3.02. The van der Waals surface area contributed by atoms with Gasteiger partial charge < -0.3 is 8.83 Å². The summed E-state index contributed by atoms with van der Waals surface area (Å²) < 4.78 is 11.6. The molecule has 0 fully saturated rings. The molecule has 0 aliphatic heterocycles. The van der Waals surface area contributed by atoms with E-state index in [0.717, 1.165) is 68.5 Å². The first-order valence-electron chi connectivity index (χ1n) is 14.9. The van der Waals surface area contributed by atoms with E-state index < -0.39 is 0 Å². The molecule has 6 heteroatoms. The number of unbranched alkanes of at least 4 members (excludes halogenated alkanes) is 16. The van der Waals surface area contributed by atoms with Gasteiger partial charge in [0.15, 0.2) is 0 Å². The maximum absolute atomic E-state index is 5.82. The minimum atomic E-state index is 0.727. The van der Waals surface area contributed by atoms with E-state index in [0.29, 0.717) is 0 Å². The monoisotopic (exact) mass is 488 g/mol. The maximum Gasteiger partial charge on any atom is 0.216 e. The zero-order chi connectivity index (χ0) is 24.8. The molecule has 0 aliphatic carbocycles. The van der Waals surface area contributed by atoms with E-state index in [1.807, 2.05) is 0 Å². The number of aryl methyl sites for hydroxylation is 4. The fourth-order valence-corrected chi connectivity index (χ4v) is 4.55. The lowest BCUT2D eigenvalue weighted by atomic mass is 10.1. The van der Waals surface area contributed by atoms with Crippen LogP contribution in [0.4, 0.5) is 0 Å². The molecule has 0 radical (unpaired) electrons. The second-order valence-corrected chi connectivity index (χ2v) is 10.2. The van der Waals surface area contributed by atoms with Crippen LogP contribution < -0.4 is 0 Å². The topological polar surface area (TPSA) is 77.8 Å². The number of rotatable bonds is 24. The Morgan fingerprint density at radius 2 is 0.600 bits per heavy atom. The third-order valence-electron chi connectivity index (χ3n) is 6.79. The summed E-state index contributed by atoms with van der Waals surface area (Å²) in [6, 6.07) is 0. The van der Waals surface area contributed by atoms with Gasteiger partial charge in [0.2, 0.25) is 23.6 Å². The molecule has 0 saturated heterocycles. The quantitative estimate of drug-likeness (QED) is 0.137. The summed E-state index contributed by atoms with van der Waals surface area (Å²) in [5, 5.41) is 16.9. The number of nitrogens with zero attached hydrogens (tertiary/aromatic N) is 4. The van der Waals surface area contributed by atoms with Crippen molar-refractivity contribution in [2.24, 2.45) is 0 Å². The predicted octanol–water partition coefficient (Wildman–Crippen LogP) is 8.77. The van der Waals surface area contributed by atoms with Crippen molar-refractivity contribution >= 4 is 0 Å². The zero-order valence-corrected chi connectivity index (χ0v) is 22.9. The molecule has 0 bridgehead atoms. The van der Waals surface area contributed by atoms with Crippen molar-refractivity contribution < 1.29 is 8.83 Å². The highest BCUT2D eigenvalue weighted by Gasteiger charge is 2.09. The highest BCUT2D eigenvalue weighted by atomic mass is 16.4. The smallest absolute Gasteiger partial charge is 0.216 e. The van der Waals surface area contributed by atoms with Gasteiger partial charge in [-0.3, -0.25) is 0 Å². The molecule has 6 nitrogen and oxygen atoms in total. The highest BCUT2D eigenvalue weighted by Crippen LogP contribution is 2.14. The maximum atomic E-state index is 5.82. The molecule has 0 atom stereocenters. The van der Waals surface area contributed by atoms with Gasteiger partial charge in [-0.1, -0.05) is 117 Å². The average Bonchev–Trinajstić information content (AvgIpc) is 3.51. The van der Waals surface area contributed by atoms with E-state index in [9.17, 15) is 0 Å². The molecule has 2 aromatic rings. The van der Waals surface area contributed by atoms with E-state index in [4.69, 9.17) is 8.83 Å². The minimum Gasteiger partial charge on any atom is -0.425 e. The highest BCUT2D eigenvalue weighted by molar-refractivity contribution is 4.86. The van der Waals surface area contributed by atoms with Crippen molar-refractivity contribution in [3.8, 4) is 0 Å². The first-order valence-corrected chi connectivity index (χ1v) is 14.9. The summed E-state index contributed by atoms with van der Waals surface area (Å²) >= 11 is 0. The molecule has 0 unspecified atom stereocenters. The lowest BCUT2D eigenvalue weighted by molar-refractivity contribution is 0.417. The van der Waals surface area contributed by atoms with Gasteiger partial charge in [0.25, 0.3) is 0 Å². The molecule has 2 aromatic heterocycles. The largest absolute Gasteiger partial charge is 0.425 e. The van der Waals surface area contributed by atoms with Crippen LogP contribution in [0.3, 0.4) is 0 Å². The molecule has 0 amide bonds. The zero-order valence-electron chi connectivity index (χ0n) is 22.9. The first-order chi connectivity index (χ1) is 17.3. The van der Waals surface area contributed by atoms with Crippen LogP contribution in [0.5, 0.6) is 0 Å². The van der Waals surface area contributed by atoms with Gasteiger partial charge in [0.1, 0.15) is 0 Å². The Morgan fingerprint density at radius 1 is 0.343 bits per heavy atom. The van der Waals surface area contributed by atoms with E-state index in [1.54, 1.807) is 0 Å². The summed E-state index contributed by atoms with van der Waals surface area (Å²) in [6.45, 7) is 4.54. The van der Waals surface area contributed by atoms with Crippen LogP contribution in [0, 0.1) is 0 Å². The Morgan fingerprint density at radius 3 is 0.914 bits per heavy atom. The number of hydrogen-bond acceptors (Lipinski definition) is 6. The molecule has 2 rings (SSSR count). The SMILES string of the molecule is CCCCCCCCCCCc1nnc(CCCc2nnc(CCCCCCCCCCC)o2)o1. The summed E-state index contributed by atoms with van der Waals surface area (Å²) in [4.78, 5) is 0. The van der Waals surface area contributed by atoms with Crippen LogP contribution >= 0.6 is 0 Å². The molecule has 0 N–H and O–H groups in total. The van der Waals surface area contributed by atoms with Gasteiger partial charge >= 0.3 is 0 Å². The lowest BCUT2D eigenvalue weighted by Gasteiger charge is -2.00. The van der Waals surface area contributed by atoms with Crippen LogP contribution in [0.25, 0.3) is 0 Å². The van der Waals surface area contributed by atoms with Crippen molar-refractivity contribution in [3.05, 3.63) is 23.6 Å². The first kappa shape index (κ1) is 29.5. The van der Waals surface area contributed by atoms with Crippen molar-refractivity contribution in [3.63, 3.8) is 0 Å². The molecule has 0 aliphatic rings. The Labute approximate surface area is 214 Å². The van der Waals surface area contributed by atoms with Crippen molar-refractivity contribution in [1.29, 1.82) is 0 Å². The Kier molecular flexibility index (Phi) is 17.3. The Balaban J connectivity index is 1.46. The van der Waals surface area contributed by atoms with Gasteiger partial charge in [0, 0.05) is 25.7 Å². The molecule has 0 aromatic carbocycles. The predicted molar refractivity (Wildman–Crippen MR) is 142 cm³/mol. The van der Waals surface area contributed by atoms with Crippen LogP contribution in [0.2, 0.25) is 0 Å². The van der Waals surface area contributed by atoms with Crippen molar-refractivity contribution in [2.45, 2.75) is 162 Å². The molecule has 0 saturated carbocycles. The molecule has 2 heterocycles. The lowest BCUT2D eigenvalue weighted by Crippen LogP contribution is -1.90. The molecular weight excluding hydrogens is 436 g/mol. The standard InChI is InChI=1S/C29H52N4O2/c1-3-5-7-9-11-13-15-17-19-22-26-30-32-28(34-26)24-21-25-29-33-31-27(35-29)23-20-18-16-14-12-10-8-6-4-2/h3-25H2,1-2H3. The van der Waals surface area contributed by atoms with Gasteiger partial charge in [-0.2, -0.15) is 0 Å². The second kappa shape index (κ2) is 20.5. The average molecular weight is 489 g/mol. The second-order valence-electron chi connectivity index (χ2n) is 10.2. The fourth-order valence-electron chi connectivity index (χ4n) is 4.55. The van der Waals surface area contributed by atoms with E-state index in [-0.39, 0.29) is 0 Å². The van der Waals surface area contributed by atoms with Gasteiger partial charge in [-0.05, 0) is 19.3 Å². The fraction of sp³-hybridized carbons (Fsp3) is 0.862. The van der Waals surface area contributed by atoms with Gasteiger partial charge in [-0.25, -0.2) is 0 Å². The summed E-state index contributed by atoms with van der Waals surface area (Å²) in [6.07, 6.45) is 28.1. The van der Waals surface area contributed by atoms with Crippen LogP contribution in [-0.2, 0) is 25.7 Å². The van der Waals surface area contributed by atoms with Gasteiger partial charge in [-0.15, -0.1) is 20.4 Å². The number of aromatic nitrogens is 4. The van der Waals surface area contributed by atoms with Gasteiger partial charge in [0.05, 0.1) is 0 Å². The van der Waals surface area contributed by atoms with E-state index >= 15 is 0 Å². The summed E-state index contributed by atoms with van der Waals surface area (Å²) in [7, 11) is 0. The minimum absolute atomic E-state index is 0.727. The molecule has 35 heavy (non-hydrogen) atoms. The van der Waals surface area contributed by atoms with Crippen molar-refractivity contribution in [2.75, 3.05) is 0 Å². The molecular formula is C29H52N4O2. The third kappa shape index (κ3) is 15.1. The van der Waals surface area contributed by atoms with E-state index in [2.05, 4.69) is 34.2 Å². The Hall–Kier alpha value is -1.72. The van der Waals surface area contributed by atoms with Crippen LogP contribution in [-0.4, -0.2) is 20.4 Å². The number of hydrogen-bond donors (Lipinski definition) is 0. The third-order valence-corrected chi connectivity index (χ3v) is 6.79. The normalized spacial score (nSPS) is 11.5.